The monoisotopic (exact) mass is 282 g/mol. The third kappa shape index (κ3) is 3.27. The molecule has 1 saturated heterocycles. The molecule has 0 radical (unpaired) electrons. The van der Waals surface area contributed by atoms with Gasteiger partial charge in [-0.2, -0.15) is 0 Å². The number of nitrogens with two attached hydrogens (primary N) is 1. The van der Waals surface area contributed by atoms with Gasteiger partial charge in [-0.05, 0) is 56.0 Å². The van der Waals surface area contributed by atoms with Gasteiger partial charge in [-0.1, -0.05) is 0 Å². The van der Waals surface area contributed by atoms with Crippen LogP contribution in [0.2, 0.25) is 0 Å². The molecule has 3 N–H and O–H groups in total. The van der Waals surface area contributed by atoms with Gasteiger partial charge in [0.05, 0.1) is 0 Å². The van der Waals surface area contributed by atoms with Crippen LogP contribution in [0.1, 0.15) is 24.8 Å². The number of nitrogens with zero attached hydrogens (tertiary/aromatic N) is 2. The normalized spacial score (nSPS) is 15.0. The van der Waals surface area contributed by atoms with Gasteiger partial charge in [-0.15, -0.1) is 0 Å². The summed E-state index contributed by atoms with van der Waals surface area (Å²) in [5, 5.41) is 3.29. The Balaban J connectivity index is 1.70. The molecule has 2 aromatic rings. The lowest BCUT2D eigenvalue weighted by Gasteiger charge is -2.28. The van der Waals surface area contributed by atoms with Gasteiger partial charge in [0, 0.05) is 42.4 Å². The summed E-state index contributed by atoms with van der Waals surface area (Å²) in [5.74, 6) is 0.781. The van der Waals surface area contributed by atoms with Crippen LogP contribution in [-0.2, 0) is 0 Å². The van der Waals surface area contributed by atoms with Crippen molar-refractivity contribution in [3.63, 3.8) is 0 Å². The van der Waals surface area contributed by atoms with Gasteiger partial charge in [-0.3, -0.25) is 0 Å². The molecule has 21 heavy (non-hydrogen) atoms. The Kier molecular flexibility index (Phi) is 3.95. The quantitative estimate of drug-likeness (QED) is 0.901. The first kappa shape index (κ1) is 13.7. The summed E-state index contributed by atoms with van der Waals surface area (Å²) in [6, 6.07) is 10.4. The van der Waals surface area contributed by atoms with Crippen molar-refractivity contribution < 1.29 is 0 Å². The van der Waals surface area contributed by atoms with Crippen molar-refractivity contribution in [2.24, 2.45) is 0 Å². The molecule has 0 atom stereocenters. The Labute approximate surface area is 126 Å². The molecule has 3 rings (SSSR count). The number of pyridine rings is 1. The van der Waals surface area contributed by atoms with E-state index in [2.05, 4.69) is 39.5 Å². The zero-order valence-corrected chi connectivity index (χ0v) is 12.5. The smallest absolute Gasteiger partial charge is 0.132 e. The molecule has 4 nitrogen and oxygen atoms in total. The van der Waals surface area contributed by atoms with E-state index in [0.717, 1.165) is 22.8 Å². The highest BCUT2D eigenvalue weighted by Gasteiger charge is 2.10. The van der Waals surface area contributed by atoms with Crippen molar-refractivity contribution in [2.75, 3.05) is 29.0 Å². The van der Waals surface area contributed by atoms with Crippen molar-refractivity contribution in [3.05, 3.63) is 42.1 Å². The number of aromatic nitrogens is 1. The Hall–Kier alpha value is -2.23. The molecule has 0 amide bonds. The molecule has 1 aliphatic rings. The van der Waals surface area contributed by atoms with Crippen LogP contribution in [0.5, 0.6) is 0 Å². The molecular weight excluding hydrogens is 260 g/mol. The highest BCUT2D eigenvalue weighted by molar-refractivity contribution is 5.63. The first-order valence-electron chi connectivity index (χ1n) is 7.56. The summed E-state index contributed by atoms with van der Waals surface area (Å²) in [5.41, 5.74) is 10.0. The molecule has 0 unspecified atom stereocenters. The average Bonchev–Trinajstić information content (AvgIpc) is 2.53. The summed E-state index contributed by atoms with van der Waals surface area (Å²) in [4.78, 5) is 6.80. The fourth-order valence-electron chi connectivity index (χ4n) is 2.66. The van der Waals surface area contributed by atoms with Gasteiger partial charge in [0.15, 0.2) is 0 Å². The van der Waals surface area contributed by atoms with E-state index in [1.54, 1.807) is 6.20 Å². The zero-order valence-electron chi connectivity index (χ0n) is 12.5. The number of anilines is 4. The van der Waals surface area contributed by atoms with E-state index in [1.807, 2.05) is 13.0 Å². The second-order valence-electron chi connectivity index (χ2n) is 5.65. The van der Waals surface area contributed by atoms with Crippen LogP contribution >= 0.6 is 0 Å². The van der Waals surface area contributed by atoms with Gasteiger partial charge in [0.2, 0.25) is 0 Å². The lowest BCUT2D eigenvalue weighted by molar-refractivity contribution is 0.578. The van der Waals surface area contributed by atoms with Crippen LogP contribution in [0, 0.1) is 6.92 Å². The Bertz CT molecular complexity index is 601. The highest BCUT2D eigenvalue weighted by Crippen LogP contribution is 2.24. The minimum Gasteiger partial charge on any atom is -0.398 e. The van der Waals surface area contributed by atoms with E-state index in [9.17, 15) is 0 Å². The van der Waals surface area contributed by atoms with Gasteiger partial charge < -0.3 is 16.0 Å². The topological polar surface area (TPSA) is 54.2 Å². The maximum atomic E-state index is 5.91. The summed E-state index contributed by atoms with van der Waals surface area (Å²) in [6.45, 7) is 4.30. The summed E-state index contributed by atoms with van der Waals surface area (Å²) in [6.07, 6.45) is 5.75. The number of nitrogens with one attached hydrogen (secondary N) is 1. The molecule has 0 aliphatic carbocycles. The molecule has 1 fully saturated rings. The van der Waals surface area contributed by atoms with Crippen molar-refractivity contribution in [1.29, 1.82) is 0 Å². The highest BCUT2D eigenvalue weighted by atomic mass is 15.1. The van der Waals surface area contributed by atoms with Crippen molar-refractivity contribution >= 4 is 22.9 Å². The maximum absolute atomic E-state index is 5.91. The average molecular weight is 282 g/mol. The Morgan fingerprint density at radius 2 is 1.81 bits per heavy atom. The van der Waals surface area contributed by atoms with Crippen molar-refractivity contribution in [2.45, 2.75) is 26.2 Å². The molecule has 0 saturated carbocycles. The first-order valence-corrected chi connectivity index (χ1v) is 7.56. The lowest BCUT2D eigenvalue weighted by Crippen LogP contribution is -2.29. The Morgan fingerprint density at radius 1 is 1.10 bits per heavy atom. The molecule has 0 bridgehead atoms. The van der Waals surface area contributed by atoms with Crippen molar-refractivity contribution in [3.8, 4) is 0 Å². The van der Waals surface area contributed by atoms with E-state index in [4.69, 9.17) is 5.73 Å². The number of piperidine rings is 1. The van der Waals surface area contributed by atoms with Gasteiger partial charge in [0.1, 0.15) is 5.82 Å². The summed E-state index contributed by atoms with van der Waals surface area (Å²) < 4.78 is 0. The molecule has 1 aromatic heterocycles. The fourth-order valence-corrected chi connectivity index (χ4v) is 2.66. The summed E-state index contributed by atoms with van der Waals surface area (Å²) in [7, 11) is 0. The minimum atomic E-state index is 0.762. The summed E-state index contributed by atoms with van der Waals surface area (Å²) >= 11 is 0. The van der Waals surface area contributed by atoms with Gasteiger partial charge in [-0.25, -0.2) is 4.98 Å². The lowest BCUT2D eigenvalue weighted by atomic mass is 10.1. The van der Waals surface area contributed by atoms with E-state index in [-0.39, 0.29) is 0 Å². The van der Waals surface area contributed by atoms with E-state index >= 15 is 0 Å². The molecular formula is C17H22N4. The van der Waals surface area contributed by atoms with Crippen LogP contribution < -0.4 is 16.0 Å². The fraction of sp³-hybridized carbons (Fsp3) is 0.353. The number of hydrogen-bond acceptors (Lipinski definition) is 4. The van der Waals surface area contributed by atoms with Crippen LogP contribution in [0.15, 0.2) is 36.5 Å². The number of hydrogen-bond donors (Lipinski definition) is 2. The Morgan fingerprint density at radius 3 is 2.48 bits per heavy atom. The number of nitrogen functional groups attached to an aromatic ring is 1. The molecule has 110 valence electrons. The maximum Gasteiger partial charge on any atom is 0.132 e. The van der Waals surface area contributed by atoms with E-state index < -0.39 is 0 Å². The largest absolute Gasteiger partial charge is 0.398 e. The zero-order chi connectivity index (χ0) is 14.7. The SMILES string of the molecule is Cc1cnc(Nc2ccc(N3CCCCC3)cc2)cc1N. The van der Waals surface area contributed by atoms with Gasteiger partial charge >= 0.3 is 0 Å². The second kappa shape index (κ2) is 6.04. The van der Waals surface area contributed by atoms with Crippen LogP contribution in [0.4, 0.5) is 22.9 Å². The second-order valence-corrected chi connectivity index (χ2v) is 5.65. The molecule has 2 heterocycles. The predicted octanol–water partition coefficient (Wildman–Crippen LogP) is 3.71. The predicted molar refractivity (Wildman–Crippen MR) is 89.2 cm³/mol. The number of rotatable bonds is 3. The number of benzene rings is 1. The standard InChI is InChI=1S/C17H22N4/c1-13-12-19-17(11-16(13)18)20-14-5-7-15(8-6-14)21-9-3-2-4-10-21/h5-8,11-12H,2-4,9-10H2,1H3,(H3,18,19,20). The van der Waals surface area contributed by atoms with Crippen molar-refractivity contribution in [1.82, 2.24) is 4.98 Å². The molecule has 4 heteroatoms. The molecule has 0 spiro atoms. The van der Waals surface area contributed by atoms with E-state index in [1.165, 1.54) is 38.0 Å². The van der Waals surface area contributed by atoms with Crippen LogP contribution in [-0.4, -0.2) is 18.1 Å². The molecule has 1 aliphatic heterocycles. The van der Waals surface area contributed by atoms with Crippen LogP contribution in [0.25, 0.3) is 0 Å². The van der Waals surface area contributed by atoms with E-state index in [0.29, 0.717) is 0 Å². The molecule has 1 aromatic carbocycles. The minimum absolute atomic E-state index is 0.762. The number of aryl methyl sites for hydroxylation is 1. The first-order chi connectivity index (χ1) is 10.2. The van der Waals surface area contributed by atoms with Gasteiger partial charge in [0.25, 0.3) is 0 Å². The van der Waals surface area contributed by atoms with Crippen LogP contribution in [0.3, 0.4) is 0 Å². The third-order valence-corrected chi connectivity index (χ3v) is 4.01. The third-order valence-electron chi connectivity index (χ3n) is 4.01.